The van der Waals surface area contributed by atoms with Crippen LogP contribution in [0.15, 0.2) is 0 Å². The maximum atomic E-state index is 10.5. The number of amides is 1. The molecule has 0 saturated heterocycles. The summed E-state index contributed by atoms with van der Waals surface area (Å²) in [6.07, 6.45) is 0. The fourth-order valence-electron chi connectivity index (χ4n) is 0.328. The van der Waals surface area contributed by atoms with Gasteiger partial charge in [0.25, 0.3) is 0 Å². The van der Waals surface area contributed by atoms with Gasteiger partial charge >= 0.3 is 0 Å². The van der Waals surface area contributed by atoms with Crippen LogP contribution in [-0.2, 0) is 4.79 Å². The van der Waals surface area contributed by atoms with Gasteiger partial charge in [-0.3, -0.25) is 10.2 Å². The molecule has 5 N–H and O–H groups in total. The van der Waals surface area contributed by atoms with E-state index in [1.54, 1.807) is 0 Å². The van der Waals surface area contributed by atoms with Gasteiger partial charge in [-0.15, -0.1) is 11.8 Å². The summed E-state index contributed by atoms with van der Waals surface area (Å²) in [5.41, 5.74) is 7.36. The molecule has 4 nitrogen and oxygen atoms in total. The van der Waals surface area contributed by atoms with Crippen molar-refractivity contribution in [2.75, 3.05) is 12.3 Å². The monoisotopic (exact) mass is 163 g/mol. The van der Waals surface area contributed by atoms with E-state index in [4.69, 9.17) is 11.6 Å². The van der Waals surface area contributed by atoms with E-state index in [9.17, 15) is 4.79 Å². The molecule has 0 aromatic carbocycles. The van der Waals surface area contributed by atoms with Crippen molar-refractivity contribution in [3.05, 3.63) is 0 Å². The van der Waals surface area contributed by atoms with Crippen molar-refractivity contribution in [1.82, 2.24) is 5.43 Å². The molecule has 0 heterocycles. The summed E-state index contributed by atoms with van der Waals surface area (Å²) in [6.45, 7) is 2.55. The Morgan fingerprint density at radius 1 is 1.80 bits per heavy atom. The Hall–Kier alpha value is -0.260. The zero-order chi connectivity index (χ0) is 7.98. The van der Waals surface area contributed by atoms with Crippen molar-refractivity contribution in [2.24, 2.45) is 11.6 Å². The van der Waals surface area contributed by atoms with E-state index in [1.165, 1.54) is 11.8 Å². The SMILES string of the molecule is CC(CN)SCC(=O)NN. The van der Waals surface area contributed by atoms with Crippen molar-refractivity contribution >= 4 is 17.7 Å². The van der Waals surface area contributed by atoms with Crippen LogP contribution in [0.5, 0.6) is 0 Å². The second kappa shape index (κ2) is 5.52. The molecule has 0 rings (SSSR count). The Balaban J connectivity index is 3.26. The fraction of sp³-hybridized carbons (Fsp3) is 0.800. The van der Waals surface area contributed by atoms with Crippen LogP contribution in [0, 0.1) is 0 Å². The van der Waals surface area contributed by atoms with Gasteiger partial charge in [-0.1, -0.05) is 6.92 Å². The first-order valence-corrected chi connectivity index (χ1v) is 4.06. The van der Waals surface area contributed by atoms with Crippen molar-refractivity contribution < 1.29 is 4.79 Å². The first kappa shape index (κ1) is 9.74. The lowest BCUT2D eigenvalue weighted by atomic mass is 10.5. The van der Waals surface area contributed by atoms with E-state index in [1.807, 2.05) is 12.3 Å². The predicted octanol–water partition coefficient (Wildman–Crippen LogP) is -0.943. The van der Waals surface area contributed by atoms with Crippen LogP contribution in [0.25, 0.3) is 0 Å². The average molecular weight is 163 g/mol. The molecule has 0 aromatic heterocycles. The molecular formula is C5H13N3OS. The van der Waals surface area contributed by atoms with Crippen LogP contribution >= 0.6 is 11.8 Å². The third-order valence-electron chi connectivity index (χ3n) is 0.992. The third kappa shape index (κ3) is 4.60. The van der Waals surface area contributed by atoms with Gasteiger partial charge in [-0.2, -0.15) is 0 Å². The lowest BCUT2D eigenvalue weighted by molar-refractivity contribution is -0.118. The van der Waals surface area contributed by atoms with Crippen LogP contribution in [0.4, 0.5) is 0 Å². The van der Waals surface area contributed by atoms with Crippen molar-refractivity contribution in [2.45, 2.75) is 12.2 Å². The summed E-state index contributed by atoms with van der Waals surface area (Å²) in [4.78, 5) is 10.5. The second-order valence-electron chi connectivity index (χ2n) is 1.92. The van der Waals surface area contributed by atoms with Crippen LogP contribution in [0.2, 0.25) is 0 Å². The lowest BCUT2D eigenvalue weighted by Gasteiger charge is -2.05. The van der Waals surface area contributed by atoms with Crippen molar-refractivity contribution in [3.8, 4) is 0 Å². The van der Waals surface area contributed by atoms with E-state index in [2.05, 4.69) is 0 Å². The molecule has 5 heteroatoms. The first-order chi connectivity index (χ1) is 4.70. The molecule has 1 amide bonds. The third-order valence-corrected chi connectivity index (χ3v) is 2.18. The topological polar surface area (TPSA) is 81.1 Å². The Morgan fingerprint density at radius 3 is 2.80 bits per heavy atom. The lowest BCUT2D eigenvalue weighted by Crippen LogP contribution is -2.32. The van der Waals surface area contributed by atoms with Crippen molar-refractivity contribution in [1.29, 1.82) is 0 Å². The molecule has 0 aliphatic heterocycles. The van der Waals surface area contributed by atoms with E-state index in [0.717, 1.165) is 0 Å². The molecule has 0 spiro atoms. The Labute approximate surface area is 64.7 Å². The second-order valence-corrected chi connectivity index (χ2v) is 3.35. The fourth-order valence-corrected chi connectivity index (χ4v) is 0.983. The average Bonchev–Trinajstić information content (AvgIpc) is 1.99. The van der Waals surface area contributed by atoms with Gasteiger partial charge in [0.05, 0.1) is 5.75 Å². The number of rotatable bonds is 4. The summed E-state index contributed by atoms with van der Waals surface area (Å²) in [5, 5.41) is 0.317. The van der Waals surface area contributed by atoms with Gasteiger partial charge in [0, 0.05) is 11.8 Å². The number of thioether (sulfide) groups is 1. The molecule has 1 unspecified atom stereocenters. The summed E-state index contributed by atoms with van der Waals surface area (Å²) < 4.78 is 0. The predicted molar refractivity (Wildman–Crippen MR) is 43.3 cm³/mol. The van der Waals surface area contributed by atoms with Gasteiger partial charge in [-0.25, -0.2) is 5.84 Å². The quantitative estimate of drug-likeness (QED) is 0.284. The highest BCUT2D eigenvalue weighted by atomic mass is 32.2. The molecule has 0 fully saturated rings. The number of nitrogens with two attached hydrogens (primary N) is 2. The van der Waals surface area contributed by atoms with Gasteiger partial charge in [0.15, 0.2) is 0 Å². The zero-order valence-electron chi connectivity index (χ0n) is 5.96. The number of carbonyl (C=O) groups excluding carboxylic acids is 1. The first-order valence-electron chi connectivity index (χ1n) is 3.01. The van der Waals surface area contributed by atoms with Gasteiger partial charge in [-0.05, 0) is 0 Å². The van der Waals surface area contributed by atoms with Crippen molar-refractivity contribution in [3.63, 3.8) is 0 Å². The molecular weight excluding hydrogens is 150 g/mol. The molecule has 0 aromatic rings. The Kier molecular flexibility index (Phi) is 5.38. The standard InChI is InChI=1S/C5H13N3OS/c1-4(2-6)10-3-5(9)8-7/h4H,2-3,6-7H2,1H3,(H,8,9). The Bertz CT molecular complexity index is 109. The Morgan fingerprint density at radius 2 is 2.40 bits per heavy atom. The number of hydrazine groups is 1. The minimum absolute atomic E-state index is 0.162. The minimum atomic E-state index is -0.162. The molecule has 0 saturated carbocycles. The largest absolute Gasteiger partial charge is 0.329 e. The molecule has 0 aliphatic rings. The van der Waals surface area contributed by atoms with Crippen LogP contribution in [-0.4, -0.2) is 23.5 Å². The maximum absolute atomic E-state index is 10.5. The van der Waals surface area contributed by atoms with E-state index >= 15 is 0 Å². The zero-order valence-corrected chi connectivity index (χ0v) is 6.78. The van der Waals surface area contributed by atoms with Crippen LogP contribution in [0.3, 0.4) is 0 Å². The van der Waals surface area contributed by atoms with Crippen LogP contribution < -0.4 is 17.0 Å². The normalized spacial score (nSPS) is 12.7. The number of hydrogen-bond donors (Lipinski definition) is 3. The van der Waals surface area contributed by atoms with Crippen LogP contribution in [0.1, 0.15) is 6.92 Å². The molecule has 10 heavy (non-hydrogen) atoms. The minimum Gasteiger partial charge on any atom is -0.329 e. The van der Waals surface area contributed by atoms with E-state index in [0.29, 0.717) is 17.5 Å². The molecule has 1 atom stereocenters. The number of nitrogens with one attached hydrogen (secondary N) is 1. The van der Waals surface area contributed by atoms with Gasteiger partial charge in [0.2, 0.25) is 5.91 Å². The number of carbonyl (C=O) groups is 1. The van der Waals surface area contributed by atoms with E-state index in [-0.39, 0.29) is 5.91 Å². The molecule has 0 radical (unpaired) electrons. The highest BCUT2D eigenvalue weighted by molar-refractivity contribution is 8.00. The highest BCUT2D eigenvalue weighted by Crippen LogP contribution is 2.06. The summed E-state index contributed by atoms with van der Waals surface area (Å²) in [5.74, 6) is 5.08. The summed E-state index contributed by atoms with van der Waals surface area (Å²) in [6, 6.07) is 0. The smallest absolute Gasteiger partial charge is 0.243 e. The number of hydrogen-bond acceptors (Lipinski definition) is 4. The van der Waals surface area contributed by atoms with Gasteiger partial charge < -0.3 is 5.73 Å². The molecule has 0 aliphatic carbocycles. The molecule has 0 bridgehead atoms. The summed E-state index contributed by atoms with van der Waals surface area (Å²) >= 11 is 1.49. The van der Waals surface area contributed by atoms with E-state index < -0.39 is 0 Å². The van der Waals surface area contributed by atoms with Gasteiger partial charge in [0.1, 0.15) is 0 Å². The maximum Gasteiger partial charge on any atom is 0.243 e. The highest BCUT2D eigenvalue weighted by Gasteiger charge is 2.02. The molecule has 60 valence electrons. The summed E-state index contributed by atoms with van der Waals surface area (Å²) in [7, 11) is 0.